The first-order valence-corrected chi connectivity index (χ1v) is 12.3. The summed E-state index contributed by atoms with van der Waals surface area (Å²) in [6.45, 7) is 2.63. The molecule has 1 saturated carbocycles. The Bertz CT molecular complexity index is 887. The number of ether oxygens (including phenoxy) is 2. The van der Waals surface area contributed by atoms with E-state index in [1.165, 1.54) is 44.8 Å². The lowest BCUT2D eigenvalue weighted by atomic mass is 9.85. The summed E-state index contributed by atoms with van der Waals surface area (Å²) in [5.74, 6) is 0.404. The molecule has 33 heavy (non-hydrogen) atoms. The number of methoxy groups -OCH3 is 1. The highest BCUT2D eigenvalue weighted by Crippen LogP contribution is 2.27. The molecule has 1 N–H and O–H groups in total. The Labute approximate surface area is 197 Å². The number of esters is 1. The minimum Gasteiger partial charge on any atom is -0.489 e. The van der Waals surface area contributed by atoms with Gasteiger partial charge >= 0.3 is 5.97 Å². The van der Waals surface area contributed by atoms with Gasteiger partial charge in [-0.25, -0.2) is 4.79 Å². The molecular formula is C28H37NO4. The van der Waals surface area contributed by atoms with Crippen LogP contribution in [-0.2, 0) is 22.6 Å². The summed E-state index contributed by atoms with van der Waals surface area (Å²) in [6.07, 6.45) is 9.95. The van der Waals surface area contributed by atoms with Gasteiger partial charge in [0.05, 0.1) is 7.11 Å². The van der Waals surface area contributed by atoms with Crippen LogP contribution in [0.15, 0.2) is 48.5 Å². The van der Waals surface area contributed by atoms with Gasteiger partial charge in [-0.1, -0.05) is 75.8 Å². The van der Waals surface area contributed by atoms with Crippen LogP contribution in [0.3, 0.4) is 0 Å². The van der Waals surface area contributed by atoms with Crippen LogP contribution in [0.25, 0.3) is 0 Å². The van der Waals surface area contributed by atoms with Gasteiger partial charge in [-0.2, -0.15) is 0 Å². The minimum absolute atomic E-state index is 0.285. The van der Waals surface area contributed by atoms with Crippen LogP contribution in [0.4, 0.5) is 0 Å². The summed E-state index contributed by atoms with van der Waals surface area (Å²) < 4.78 is 10.9. The largest absolute Gasteiger partial charge is 0.489 e. The van der Waals surface area contributed by atoms with Crippen LogP contribution in [0.1, 0.15) is 79.8 Å². The number of carbonyl (C=O) groups is 2. The highest BCUT2D eigenvalue weighted by atomic mass is 16.5. The van der Waals surface area contributed by atoms with Gasteiger partial charge in [-0.3, -0.25) is 4.79 Å². The van der Waals surface area contributed by atoms with Crippen molar-refractivity contribution in [1.29, 1.82) is 0 Å². The molecule has 1 aliphatic rings. The van der Waals surface area contributed by atoms with E-state index in [0.29, 0.717) is 30.3 Å². The molecule has 1 unspecified atom stereocenters. The van der Waals surface area contributed by atoms with E-state index < -0.39 is 6.04 Å². The summed E-state index contributed by atoms with van der Waals surface area (Å²) in [4.78, 5) is 25.2. The van der Waals surface area contributed by atoms with Crippen molar-refractivity contribution in [3.8, 4) is 5.75 Å². The Morgan fingerprint density at radius 3 is 2.45 bits per heavy atom. The standard InChI is InChI=1S/C28H37NO4/c1-3-4-9-21-14-16-23(17-15-21)20-33-25-13-8-12-24(19-25)27(30)29-26(28(31)32-2)18-22-10-6-5-7-11-22/h8,12-17,19,22,26H,3-7,9-11,18,20H2,1-2H3,(H,29,30). The van der Waals surface area contributed by atoms with Crippen molar-refractivity contribution in [2.24, 2.45) is 5.92 Å². The number of carbonyl (C=O) groups excluding carboxylic acids is 2. The van der Waals surface area contributed by atoms with E-state index in [4.69, 9.17) is 9.47 Å². The average Bonchev–Trinajstić information content (AvgIpc) is 2.86. The zero-order valence-electron chi connectivity index (χ0n) is 20.0. The molecule has 0 saturated heterocycles. The molecule has 1 aliphatic carbocycles. The molecule has 1 atom stereocenters. The molecule has 2 aromatic carbocycles. The van der Waals surface area contributed by atoms with E-state index in [-0.39, 0.29) is 11.9 Å². The lowest BCUT2D eigenvalue weighted by Crippen LogP contribution is -2.43. The fraction of sp³-hybridized carbons (Fsp3) is 0.500. The average molecular weight is 452 g/mol. The number of rotatable bonds is 11. The fourth-order valence-corrected chi connectivity index (χ4v) is 4.43. The van der Waals surface area contributed by atoms with Gasteiger partial charge in [0.2, 0.25) is 0 Å². The highest BCUT2D eigenvalue weighted by molar-refractivity contribution is 5.97. The molecule has 0 bridgehead atoms. The predicted molar refractivity (Wildman–Crippen MR) is 130 cm³/mol. The Morgan fingerprint density at radius 1 is 1.03 bits per heavy atom. The third kappa shape index (κ3) is 7.92. The molecule has 0 heterocycles. The quantitative estimate of drug-likeness (QED) is 0.435. The molecule has 5 heteroatoms. The summed E-state index contributed by atoms with van der Waals surface area (Å²) >= 11 is 0. The molecule has 1 amide bonds. The molecule has 5 nitrogen and oxygen atoms in total. The molecule has 1 fully saturated rings. The van der Waals surface area contributed by atoms with Crippen LogP contribution in [0.5, 0.6) is 5.75 Å². The Morgan fingerprint density at radius 2 is 1.76 bits per heavy atom. The molecule has 0 aromatic heterocycles. The second-order valence-corrected chi connectivity index (χ2v) is 9.03. The molecule has 3 rings (SSSR count). The third-order valence-corrected chi connectivity index (χ3v) is 6.43. The normalized spacial score (nSPS) is 15.0. The molecule has 0 radical (unpaired) electrons. The van der Waals surface area contributed by atoms with Crippen molar-refractivity contribution in [1.82, 2.24) is 5.32 Å². The number of hydrogen-bond acceptors (Lipinski definition) is 4. The van der Waals surface area contributed by atoms with Crippen LogP contribution >= 0.6 is 0 Å². The van der Waals surface area contributed by atoms with Gasteiger partial charge in [0, 0.05) is 5.56 Å². The van der Waals surface area contributed by atoms with E-state index >= 15 is 0 Å². The Hall–Kier alpha value is -2.82. The van der Waals surface area contributed by atoms with E-state index in [1.54, 1.807) is 18.2 Å². The van der Waals surface area contributed by atoms with Gasteiger partial charge in [0.25, 0.3) is 5.91 Å². The van der Waals surface area contributed by atoms with E-state index in [1.807, 2.05) is 6.07 Å². The van der Waals surface area contributed by atoms with Gasteiger partial charge in [0.1, 0.15) is 18.4 Å². The number of amides is 1. The molecular weight excluding hydrogens is 414 g/mol. The van der Waals surface area contributed by atoms with Gasteiger partial charge in [-0.05, 0) is 54.5 Å². The third-order valence-electron chi connectivity index (χ3n) is 6.43. The highest BCUT2D eigenvalue weighted by Gasteiger charge is 2.27. The summed E-state index contributed by atoms with van der Waals surface area (Å²) in [5, 5.41) is 2.89. The molecule has 0 spiro atoms. The maximum Gasteiger partial charge on any atom is 0.328 e. The second kappa shape index (κ2) is 13.0. The van der Waals surface area contributed by atoms with E-state index in [9.17, 15) is 9.59 Å². The monoisotopic (exact) mass is 451 g/mol. The fourth-order valence-electron chi connectivity index (χ4n) is 4.43. The van der Waals surface area contributed by atoms with Crippen molar-refractivity contribution in [3.63, 3.8) is 0 Å². The number of unbranched alkanes of at least 4 members (excludes halogenated alkanes) is 1. The van der Waals surface area contributed by atoms with E-state index in [0.717, 1.165) is 24.8 Å². The molecule has 0 aliphatic heterocycles. The SMILES string of the molecule is CCCCc1ccc(COc2cccc(C(=O)NC(CC3CCCCC3)C(=O)OC)c2)cc1. The second-order valence-electron chi connectivity index (χ2n) is 9.03. The zero-order chi connectivity index (χ0) is 23.5. The van der Waals surface area contributed by atoms with Gasteiger partial charge < -0.3 is 14.8 Å². The zero-order valence-corrected chi connectivity index (χ0v) is 20.0. The van der Waals surface area contributed by atoms with Crippen molar-refractivity contribution < 1.29 is 19.1 Å². The minimum atomic E-state index is -0.624. The lowest BCUT2D eigenvalue weighted by molar-refractivity contribution is -0.143. The topological polar surface area (TPSA) is 64.6 Å². The number of hydrogen-bond donors (Lipinski definition) is 1. The van der Waals surface area contributed by atoms with Crippen molar-refractivity contribution in [3.05, 3.63) is 65.2 Å². The first kappa shape index (κ1) is 24.8. The van der Waals surface area contributed by atoms with Crippen LogP contribution in [-0.4, -0.2) is 25.0 Å². The predicted octanol–water partition coefficient (Wildman–Crippen LogP) is 5.85. The van der Waals surface area contributed by atoms with Crippen molar-refractivity contribution >= 4 is 11.9 Å². The lowest BCUT2D eigenvalue weighted by Gasteiger charge is -2.25. The van der Waals surface area contributed by atoms with Gasteiger partial charge in [0.15, 0.2) is 0 Å². The first-order valence-electron chi connectivity index (χ1n) is 12.3. The van der Waals surface area contributed by atoms with Crippen molar-refractivity contribution in [2.75, 3.05) is 7.11 Å². The van der Waals surface area contributed by atoms with Crippen molar-refractivity contribution in [2.45, 2.75) is 77.4 Å². The maximum absolute atomic E-state index is 12.9. The summed E-state index contributed by atoms with van der Waals surface area (Å²) in [7, 11) is 1.37. The number of benzene rings is 2. The molecule has 178 valence electrons. The van der Waals surface area contributed by atoms with E-state index in [2.05, 4.69) is 36.5 Å². The Balaban J connectivity index is 1.57. The Kier molecular flexibility index (Phi) is 9.79. The maximum atomic E-state index is 12.9. The summed E-state index contributed by atoms with van der Waals surface area (Å²) in [6, 6.07) is 15.0. The van der Waals surface area contributed by atoms with Crippen LogP contribution in [0, 0.1) is 5.92 Å². The number of aryl methyl sites for hydroxylation is 1. The first-order chi connectivity index (χ1) is 16.1. The molecule has 2 aromatic rings. The van der Waals surface area contributed by atoms with Crippen LogP contribution < -0.4 is 10.1 Å². The summed E-state index contributed by atoms with van der Waals surface area (Å²) in [5.41, 5.74) is 2.90. The number of nitrogens with one attached hydrogen (secondary N) is 1. The smallest absolute Gasteiger partial charge is 0.328 e. The van der Waals surface area contributed by atoms with Gasteiger partial charge in [-0.15, -0.1) is 0 Å². The van der Waals surface area contributed by atoms with Crippen LogP contribution in [0.2, 0.25) is 0 Å².